The molecule has 0 spiro atoms. The molecule has 0 saturated heterocycles. The Morgan fingerprint density at radius 3 is 2.12 bits per heavy atom. The van der Waals surface area contributed by atoms with Crippen LogP contribution in [0.1, 0.15) is 40.5 Å². The fourth-order valence-corrected chi connectivity index (χ4v) is 1.85. The summed E-state index contributed by atoms with van der Waals surface area (Å²) in [6, 6.07) is 0.271. The van der Waals surface area contributed by atoms with Gasteiger partial charge in [0.05, 0.1) is 6.54 Å². The van der Waals surface area contributed by atoms with Crippen LogP contribution >= 0.6 is 0 Å². The molecule has 0 aromatic heterocycles. The normalized spacial score (nSPS) is 14.6. The van der Waals surface area contributed by atoms with Crippen LogP contribution in [0.25, 0.3) is 0 Å². The third kappa shape index (κ3) is 8.44. The fourth-order valence-electron chi connectivity index (χ4n) is 1.85. The van der Waals surface area contributed by atoms with Gasteiger partial charge in [-0.05, 0) is 13.0 Å². The van der Waals surface area contributed by atoms with E-state index >= 15 is 0 Å². The van der Waals surface area contributed by atoms with Gasteiger partial charge in [-0.15, -0.1) is 0 Å². The number of alkyl halides is 3. The molecule has 0 heterocycles. The second kappa shape index (κ2) is 7.93. The highest BCUT2D eigenvalue weighted by Gasteiger charge is 2.32. The predicted octanol–water partition coefficient (Wildman–Crippen LogP) is 3.04. The first-order valence-corrected chi connectivity index (χ1v) is 6.34. The Balaban J connectivity index is 4.40. The number of hydrogen-bond donors (Lipinski definition) is 1. The standard InChI is InChI=1S/C12H25F3N2/c1-5-7-11(8-16-10(3)4)17(6-2)9-12(13,14)15/h10-11,16H,5-9H2,1-4H3. The van der Waals surface area contributed by atoms with Gasteiger partial charge in [0.15, 0.2) is 0 Å². The van der Waals surface area contributed by atoms with E-state index in [9.17, 15) is 13.2 Å². The van der Waals surface area contributed by atoms with Gasteiger partial charge in [0.2, 0.25) is 0 Å². The van der Waals surface area contributed by atoms with Crippen LogP contribution in [0.3, 0.4) is 0 Å². The molecule has 0 aliphatic rings. The molecule has 1 unspecified atom stereocenters. The molecule has 104 valence electrons. The minimum Gasteiger partial charge on any atom is -0.313 e. The summed E-state index contributed by atoms with van der Waals surface area (Å²) in [7, 11) is 0. The van der Waals surface area contributed by atoms with Gasteiger partial charge >= 0.3 is 6.18 Å². The van der Waals surface area contributed by atoms with Crippen molar-refractivity contribution in [3.05, 3.63) is 0 Å². The highest BCUT2D eigenvalue weighted by atomic mass is 19.4. The van der Waals surface area contributed by atoms with Crippen molar-refractivity contribution in [2.75, 3.05) is 19.6 Å². The molecule has 0 saturated carbocycles. The van der Waals surface area contributed by atoms with Gasteiger partial charge in [-0.3, -0.25) is 4.90 Å². The summed E-state index contributed by atoms with van der Waals surface area (Å²) in [5, 5.41) is 3.22. The molecular formula is C12H25F3N2. The van der Waals surface area contributed by atoms with Crippen LogP contribution in [0.2, 0.25) is 0 Å². The van der Waals surface area contributed by atoms with Crippen molar-refractivity contribution in [2.45, 2.75) is 58.8 Å². The number of nitrogens with one attached hydrogen (secondary N) is 1. The second-order valence-electron chi connectivity index (χ2n) is 4.68. The zero-order chi connectivity index (χ0) is 13.5. The molecular weight excluding hydrogens is 229 g/mol. The third-order valence-corrected chi connectivity index (χ3v) is 2.69. The molecule has 0 fully saturated rings. The average molecular weight is 254 g/mol. The van der Waals surface area contributed by atoms with Crippen molar-refractivity contribution in [3.63, 3.8) is 0 Å². The fraction of sp³-hybridized carbons (Fsp3) is 1.00. The van der Waals surface area contributed by atoms with Crippen LogP contribution in [-0.4, -0.2) is 42.8 Å². The monoisotopic (exact) mass is 254 g/mol. The predicted molar refractivity (Wildman–Crippen MR) is 65.1 cm³/mol. The maximum absolute atomic E-state index is 12.4. The number of rotatable bonds is 8. The Morgan fingerprint density at radius 1 is 1.18 bits per heavy atom. The maximum atomic E-state index is 12.4. The van der Waals surface area contributed by atoms with Crippen molar-refractivity contribution < 1.29 is 13.2 Å². The Kier molecular flexibility index (Phi) is 7.79. The highest BCUT2D eigenvalue weighted by Crippen LogP contribution is 2.19. The van der Waals surface area contributed by atoms with E-state index < -0.39 is 12.7 Å². The molecule has 2 nitrogen and oxygen atoms in total. The molecule has 0 aliphatic carbocycles. The topological polar surface area (TPSA) is 15.3 Å². The minimum atomic E-state index is -4.11. The summed E-state index contributed by atoms with van der Waals surface area (Å²) < 4.78 is 37.3. The Labute approximate surface area is 103 Å². The summed E-state index contributed by atoms with van der Waals surface area (Å²) in [5.74, 6) is 0. The van der Waals surface area contributed by atoms with Crippen LogP contribution in [0.4, 0.5) is 13.2 Å². The molecule has 0 rings (SSSR count). The number of likely N-dealkylation sites (N-methyl/N-ethyl adjacent to an activating group) is 1. The molecule has 5 heteroatoms. The van der Waals surface area contributed by atoms with E-state index in [4.69, 9.17) is 0 Å². The first-order valence-electron chi connectivity index (χ1n) is 6.34. The zero-order valence-electron chi connectivity index (χ0n) is 11.3. The molecule has 0 amide bonds. The van der Waals surface area contributed by atoms with Crippen LogP contribution < -0.4 is 5.32 Å². The SMILES string of the molecule is CCCC(CNC(C)C)N(CC)CC(F)(F)F. The van der Waals surface area contributed by atoms with Gasteiger partial charge in [0.25, 0.3) is 0 Å². The molecule has 0 aromatic rings. The molecule has 1 atom stereocenters. The molecule has 0 aromatic carbocycles. The van der Waals surface area contributed by atoms with E-state index in [0.29, 0.717) is 19.1 Å². The second-order valence-corrected chi connectivity index (χ2v) is 4.68. The van der Waals surface area contributed by atoms with Crippen LogP contribution in [0, 0.1) is 0 Å². The first kappa shape index (κ1) is 16.7. The Bertz CT molecular complexity index is 193. The first-order chi connectivity index (χ1) is 7.80. The van der Waals surface area contributed by atoms with E-state index in [1.54, 1.807) is 6.92 Å². The van der Waals surface area contributed by atoms with E-state index in [1.165, 1.54) is 4.90 Å². The Hall–Kier alpha value is -0.290. The summed E-state index contributed by atoms with van der Waals surface area (Å²) in [5.41, 5.74) is 0. The van der Waals surface area contributed by atoms with Crippen LogP contribution in [0.5, 0.6) is 0 Å². The van der Waals surface area contributed by atoms with E-state index in [2.05, 4.69) is 5.32 Å². The average Bonchev–Trinajstić information content (AvgIpc) is 2.19. The smallest absolute Gasteiger partial charge is 0.313 e. The van der Waals surface area contributed by atoms with Gasteiger partial charge in [-0.1, -0.05) is 34.1 Å². The van der Waals surface area contributed by atoms with Crippen LogP contribution in [-0.2, 0) is 0 Å². The molecule has 17 heavy (non-hydrogen) atoms. The van der Waals surface area contributed by atoms with Crippen molar-refractivity contribution >= 4 is 0 Å². The number of halogens is 3. The lowest BCUT2D eigenvalue weighted by molar-refractivity contribution is -0.150. The quantitative estimate of drug-likeness (QED) is 0.716. The van der Waals surface area contributed by atoms with Gasteiger partial charge in [-0.25, -0.2) is 0 Å². The van der Waals surface area contributed by atoms with Gasteiger partial charge in [0.1, 0.15) is 0 Å². The van der Waals surface area contributed by atoms with E-state index in [-0.39, 0.29) is 6.04 Å². The molecule has 1 N–H and O–H groups in total. The lowest BCUT2D eigenvalue weighted by Gasteiger charge is -2.32. The maximum Gasteiger partial charge on any atom is 0.401 e. The summed E-state index contributed by atoms with van der Waals surface area (Å²) in [6.45, 7) is 8.03. The minimum absolute atomic E-state index is 0.0333. The van der Waals surface area contributed by atoms with Crippen molar-refractivity contribution in [1.29, 1.82) is 0 Å². The zero-order valence-corrected chi connectivity index (χ0v) is 11.3. The Morgan fingerprint density at radius 2 is 1.76 bits per heavy atom. The van der Waals surface area contributed by atoms with Gasteiger partial charge in [-0.2, -0.15) is 13.2 Å². The van der Waals surface area contributed by atoms with E-state index in [1.807, 2.05) is 20.8 Å². The third-order valence-electron chi connectivity index (χ3n) is 2.69. The van der Waals surface area contributed by atoms with Gasteiger partial charge < -0.3 is 5.32 Å². The molecule has 0 bridgehead atoms. The summed E-state index contributed by atoms with van der Waals surface area (Å²) in [6.07, 6.45) is -2.41. The van der Waals surface area contributed by atoms with Crippen molar-refractivity contribution in [2.24, 2.45) is 0 Å². The van der Waals surface area contributed by atoms with Gasteiger partial charge in [0, 0.05) is 18.6 Å². The van der Waals surface area contributed by atoms with E-state index in [0.717, 1.165) is 12.8 Å². The van der Waals surface area contributed by atoms with Crippen molar-refractivity contribution in [3.8, 4) is 0 Å². The summed E-state index contributed by atoms with van der Waals surface area (Å²) >= 11 is 0. The highest BCUT2D eigenvalue weighted by molar-refractivity contribution is 4.76. The molecule has 0 aliphatic heterocycles. The largest absolute Gasteiger partial charge is 0.401 e. The van der Waals surface area contributed by atoms with Crippen molar-refractivity contribution in [1.82, 2.24) is 10.2 Å². The summed E-state index contributed by atoms with van der Waals surface area (Å²) in [4.78, 5) is 1.51. The lowest BCUT2D eigenvalue weighted by atomic mass is 10.1. The number of nitrogens with zero attached hydrogens (tertiary/aromatic N) is 1. The lowest BCUT2D eigenvalue weighted by Crippen LogP contribution is -2.47. The van der Waals surface area contributed by atoms with Crippen LogP contribution in [0.15, 0.2) is 0 Å². The number of hydrogen-bond acceptors (Lipinski definition) is 2. The molecule has 0 radical (unpaired) electrons.